The highest BCUT2D eigenvalue weighted by Crippen LogP contribution is 2.37. The predicted molar refractivity (Wildman–Crippen MR) is 85.0 cm³/mol. The maximum Gasteiger partial charge on any atom is 0.244 e. The molecule has 2 rings (SSSR count). The van der Waals surface area contributed by atoms with Crippen LogP contribution in [0.5, 0.6) is 0 Å². The molecule has 0 radical (unpaired) electrons. The number of carbonyl (C=O) groups excluding carboxylic acids is 1. The molecule has 1 aliphatic heterocycles. The van der Waals surface area contributed by atoms with E-state index in [0.717, 1.165) is 19.3 Å². The summed E-state index contributed by atoms with van der Waals surface area (Å²) >= 11 is 0. The van der Waals surface area contributed by atoms with Crippen LogP contribution in [0.15, 0.2) is 0 Å². The summed E-state index contributed by atoms with van der Waals surface area (Å²) in [5.74, 6) is 0.885. The van der Waals surface area contributed by atoms with Crippen molar-refractivity contribution in [1.29, 1.82) is 0 Å². The van der Waals surface area contributed by atoms with Gasteiger partial charge in [-0.2, -0.15) is 0 Å². The minimum Gasteiger partial charge on any atom is -0.383 e. The Morgan fingerprint density at radius 3 is 2.57 bits per heavy atom. The average Bonchev–Trinajstić information content (AvgIpc) is 3.07. The lowest BCUT2D eigenvalue weighted by molar-refractivity contribution is -0.137. The average molecular weight is 296 g/mol. The van der Waals surface area contributed by atoms with Gasteiger partial charge in [-0.25, -0.2) is 0 Å². The Balaban J connectivity index is 2.24. The molecule has 0 aromatic rings. The summed E-state index contributed by atoms with van der Waals surface area (Å²) in [6.07, 6.45) is 8.24. The van der Waals surface area contributed by atoms with E-state index in [9.17, 15) is 4.79 Å². The van der Waals surface area contributed by atoms with Gasteiger partial charge in [0.05, 0.1) is 24.4 Å². The predicted octanol–water partition coefficient (Wildman–Crippen LogP) is 2.92. The number of nitrogens with one attached hydrogen (secondary N) is 1. The quantitative estimate of drug-likeness (QED) is 0.785. The molecule has 1 amide bonds. The van der Waals surface area contributed by atoms with E-state index in [2.05, 4.69) is 31.0 Å². The summed E-state index contributed by atoms with van der Waals surface area (Å²) in [5, 5.41) is 3.68. The Kier molecular flexibility index (Phi) is 5.67. The first-order valence-electron chi connectivity index (χ1n) is 8.66. The van der Waals surface area contributed by atoms with Gasteiger partial charge < -0.3 is 9.64 Å². The van der Waals surface area contributed by atoms with Crippen LogP contribution in [-0.4, -0.2) is 42.3 Å². The highest BCUT2D eigenvalue weighted by molar-refractivity contribution is 5.88. The first-order valence-corrected chi connectivity index (χ1v) is 8.66. The van der Waals surface area contributed by atoms with Crippen LogP contribution in [-0.2, 0) is 9.53 Å². The van der Waals surface area contributed by atoms with Crippen LogP contribution in [0.2, 0.25) is 0 Å². The van der Waals surface area contributed by atoms with Gasteiger partial charge in [0.25, 0.3) is 0 Å². The van der Waals surface area contributed by atoms with E-state index in [1.165, 1.54) is 25.7 Å². The zero-order chi connectivity index (χ0) is 15.5. The van der Waals surface area contributed by atoms with Gasteiger partial charge in [-0.05, 0) is 38.5 Å². The first kappa shape index (κ1) is 16.8. The van der Waals surface area contributed by atoms with Gasteiger partial charge in [-0.1, -0.05) is 33.1 Å². The smallest absolute Gasteiger partial charge is 0.244 e. The molecule has 1 saturated carbocycles. The molecule has 0 aromatic heterocycles. The molecule has 2 aliphatic rings. The number of hydrogen-bond acceptors (Lipinski definition) is 3. The van der Waals surface area contributed by atoms with E-state index >= 15 is 0 Å². The lowest BCUT2D eigenvalue weighted by Gasteiger charge is -2.35. The van der Waals surface area contributed by atoms with E-state index in [-0.39, 0.29) is 18.1 Å². The molecule has 3 atom stereocenters. The zero-order valence-electron chi connectivity index (χ0n) is 14.2. The number of ether oxygens (including phenoxy) is 1. The number of hydrogen-bond donors (Lipinski definition) is 1. The van der Waals surface area contributed by atoms with Crippen molar-refractivity contribution >= 4 is 5.91 Å². The van der Waals surface area contributed by atoms with Crippen LogP contribution in [0.1, 0.15) is 65.7 Å². The molecule has 4 nitrogen and oxygen atoms in total. The third-order valence-electron chi connectivity index (χ3n) is 5.40. The third-order valence-corrected chi connectivity index (χ3v) is 5.40. The molecule has 3 unspecified atom stereocenters. The maximum absolute atomic E-state index is 13.0. The highest BCUT2D eigenvalue weighted by Gasteiger charge is 2.51. The first-order chi connectivity index (χ1) is 10.1. The molecule has 0 bridgehead atoms. The summed E-state index contributed by atoms with van der Waals surface area (Å²) in [7, 11) is 1.74. The number of rotatable bonds is 7. The van der Waals surface area contributed by atoms with E-state index in [4.69, 9.17) is 4.74 Å². The van der Waals surface area contributed by atoms with Crippen LogP contribution in [0, 0.1) is 5.92 Å². The van der Waals surface area contributed by atoms with Crippen molar-refractivity contribution in [3.63, 3.8) is 0 Å². The lowest BCUT2D eigenvalue weighted by atomic mass is 9.98. The second kappa shape index (κ2) is 7.10. The van der Waals surface area contributed by atoms with Crippen LogP contribution < -0.4 is 5.32 Å². The fraction of sp³-hybridized carbons (Fsp3) is 0.941. The van der Waals surface area contributed by atoms with E-state index < -0.39 is 5.54 Å². The van der Waals surface area contributed by atoms with Crippen LogP contribution in [0.25, 0.3) is 0 Å². The minimum atomic E-state index is -0.396. The van der Waals surface area contributed by atoms with Gasteiger partial charge in [0, 0.05) is 7.11 Å². The molecule has 1 N–H and O–H groups in total. The van der Waals surface area contributed by atoms with Gasteiger partial charge in [-0.3, -0.25) is 10.1 Å². The van der Waals surface area contributed by atoms with Crippen molar-refractivity contribution in [2.24, 2.45) is 5.92 Å². The molecule has 1 aliphatic carbocycles. The van der Waals surface area contributed by atoms with E-state index in [1.54, 1.807) is 7.11 Å². The Labute approximate surface area is 129 Å². The monoisotopic (exact) mass is 296 g/mol. The molecular formula is C17H32N2O2. The molecule has 0 aromatic carbocycles. The van der Waals surface area contributed by atoms with Crippen molar-refractivity contribution in [3.8, 4) is 0 Å². The molecule has 0 spiro atoms. The molecule has 1 saturated heterocycles. The number of methoxy groups -OCH3 is 1. The molecule has 2 fully saturated rings. The summed E-state index contributed by atoms with van der Waals surface area (Å²) in [6, 6.07) is 0.207. The Hall–Kier alpha value is -0.610. The molecule has 122 valence electrons. The topological polar surface area (TPSA) is 41.6 Å². The number of amides is 1. The van der Waals surface area contributed by atoms with Gasteiger partial charge in [0.2, 0.25) is 5.91 Å². The molecule has 1 heterocycles. The summed E-state index contributed by atoms with van der Waals surface area (Å²) in [5.41, 5.74) is -0.396. The van der Waals surface area contributed by atoms with Crippen molar-refractivity contribution in [1.82, 2.24) is 10.2 Å². The van der Waals surface area contributed by atoms with E-state index in [1.807, 2.05) is 0 Å². The Morgan fingerprint density at radius 2 is 2.05 bits per heavy atom. The fourth-order valence-corrected chi connectivity index (χ4v) is 3.96. The minimum absolute atomic E-state index is 0.205. The van der Waals surface area contributed by atoms with Gasteiger partial charge in [0.1, 0.15) is 0 Å². The lowest BCUT2D eigenvalue weighted by Crippen LogP contribution is -2.49. The maximum atomic E-state index is 13.0. The fourth-order valence-electron chi connectivity index (χ4n) is 3.96. The van der Waals surface area contributed by atoms with E-state index in [0.29, 0.717) is 12.5 Å². The normalized spacial score (nSPS) is 32.1. The van der Waals surface area contributed by atoms with Crippen molar-refractivity contribution in [2.75, 3.05) is 13.7 Å². The summed E-state index contributed by atoms with van der Waals surface area (Å²) in [4.78, 5) is 15.2. The highest BCUT2D eigenvalue weighted by atomic mass is 16.5. The largest absolute Gasteiger partial charge is 0.383 e. The molecular weight excluding hydrogens is 264 g/mol. The van der Waals surface area contributed by atoms with Gasteiger partial charge in [0.15, 0.2) is 0 Å². The molecule has 21 heavy (non-hydrogen) atoms. The summed E-state index contributed by atoms with van der Waals surface area (Å²) < 4.78 is 5.41. The number of nitrogens with zero attached hydrogens (tertiary/aromatic N) is 1. The second-order valence-corrected chi connectivity index (χ2v) is 6.93. The zero-order valence-corrected chi connectivity index (χ0v) is 14.2. The summed E-state index contributed by atoms with van der Waals surface area (Å²) in [6.45, 7) is 6.99. The molecule has 4 heteroatoms. The van der Waals surface area contributed by atoms with Crippen LogP contribution in [0.4, 0.5) is 0 Å². The van der Waals surface area contributed by atoms with Crippen molar-refractivity contribution in [2.45, 2.75) is 83.5 Å². The van der Waals surface area contributed by atoms with Crippen molar-refractivity contribution < 1.29 is 9.53 Å². The van der Waals surface area contributed by atoms with Crippen LogP contribution >= 0.6 is 0 Å². The van der Waals surface area contributed by atoms with Gasteiger partial charge in [-0.15, -0.1) is 0 Å². The Bertz CT molecular complexity index is 349. The third kappa shape index (κ3) is 3.26. The van der Waals surface area contributed by atoms with Crippen molar-refractivity contribution in [3.05, 3.63) is 0 Å². The number of carbonyl (C=O) groups is 1. The standard InChI is InChI=1S/C17H32N2O2/c1-5-9-14(12-21-4)19-15(13-10-7-8-11-13)18-17(3,6-2)16(19)20/h13-15,18H,5-12H2,1-4H3. The Morgan fingerprint density at radius 1 is 1.38 bits per heavy atom. The SMILES string of the molecule is CCCC(COC)N1C(=O)C(C)(CC)NC1C1CCCC1. The van der Waals surface area contributed by atoms with Gasteiger partial charge >= 0.3 is 0 Å². The van der Waals surface area contributed by atoms with Crippen LogP contribution in [0.3, 0.4) is 0 Å². The second-order valence-electron chi connectivity index (χ2n) is 6.93.